The van der Waals surface area contributed by atoms with Crippen LogP contribution in [-0.2, 0) is 28.6 Å². The highest BCUT2D eigenvalue weighted by Gasteiger charge is 2.19. The first kappa shape index (κ1) is 59.6. The minimum absolute atomic E-state index is 0.0894. The molecule has 63 heavy (non-hydrogen) atoms. The van der Waals surface area contributed by atoms with Crippen molar-refractivity contribution in [2.75, 3.05) is 13.2 Å². The molecule has 0 aliphatic rings. The second kappa shape index (κ2) is 51.2. The SMILES string of the molecule is CC\C=C/C=C\C=C/C=C\CCCCCCCC(=O)OC(COC(=O)CCCCCCCC/C=C\C/C=C\C/C=C\CC)COC(=O)CCCCCCCCCCCCCCCC. The van der Waals surface area contributed by atoms with E-state index in [-0.39, 0.29) is 31.1 Å². The van der Waals surface area contributed by atoms with Gasteiger partial charge in [-0.1, -0.05) is 234 Å². The highest BCUT2D eigenvalue weighted by Crippen LogP contribution is 2.15. The maximum atomic E-state index is 12.8. The van der Waals surface area contributed by atoms with Crippen LogP contribution in [0.4, 0.5) is 0 Å². The summed E-state index contributed by atoms with van der Waals surface area (Å²) in [6.07, 6.45) is 65.6. The monoisotopic (exact) mass is 877 g/mol. The lowest BCUT2D eigenvalue weighted by Gasteiger charge is -2.18. The van der Waals surface area contributed by atoms with Gasteiger partial charge in [0.05, 0.1) is 0 Å². The van der Waals surface area contributed by atoms with Gasteiger partial charge in [-0.3, -0.25) is 14.4 Å². The molecule has 0 heterocycles. The lowest BCUT2D eigenvalue weighted by Crippen LogP contribution is -2.30. The predicted molar refractivity (Wildman–Crippen MR) is 270 cm³/mol. The van der Waals surface area contributed by atoms with Crippen LogP contribution in [0.1, 0.15) is 239 Å². The van der Waals surface area contributed by atoms with Crippen LogP contribution >= 0.6 is 0 Å². The number of esters is 3. The largest absolute Gasteiger partial charge is 0.462 e. The molecule has 0 amide bonds. The van der Waals surface area contributed by atoms with Crippen LogP contribution in [0, 0.1) is 0 Å². The third-order valence-corrected chi connectivity index (χ3v) is 11.0. The summed E-state index contributed by atoms with van der Waals surface area (Å²) in [6, 6.07) is 0. The number of hydrogen-bond donors (Lipinski definition) is 0. The second-order valence-electron chi connectivity index (χ2n) is 17.1. The van der Waals surface area contributed by atoms with Crippen molar-refractivity contribution in [1.82, 2.24) is 0 Å². The molecule has 0 bridgehead atoms. The van der Waals surface area contributed by atoms with Crippen molar-refractivity contribution in [3.8, 4) is 0 Å². The summed E-state index contributed by atoms with van der Waals surface area (Å²) in [5, 5.41) is 0. The zero-order chi connectivity index (χ0) is 45.8. The summed E-state index contributed by atoms with van der Waals surface area (Å²) in [5.74, 6) is -0.924. The Balaban J connectivity index is 4.44. The zero-order valence-electron chi connectivity index (χ0n) is 41.1. The minimum Gasteiger partial charge on any atom is -0.462 e. The van der Waals surface area contributed by atoms with Crippen molar-refractivity contribution in [1.29, 1.82) is 0 Å². The fraction of sp³-hybridized carbons (Fsp3) is 0.702. The van der Waals surface area contributed by atoms with Crippen LogP contribution in [0.15, 0.2) is 85.1 Å². The first-order valence-electron chi connectivity index (χ1n) is 26.1. The molecule has 0 aliphatic heterocycles. The average molecular weight is 877 g/mol. The topological polar surface area (TPSA) is 78.9 Å². The third-order valence-electron chi connectivity index (χ3n) is 11.0. The maximum Gasteiger partial charge on any atom is 0.306 e. The van der Waals surface area contributed by atoms with Crippen molar-refractivity contribution in [2.45, 2.75) is 245 Å². The summed E-state index contributed by atoms with van der Waals surface area (Å²) in [4.78, 5) is 38.0. The number of rotatable bonds is 46. The number of hydrogen-bond acceptors (Lipinski definition) is 6. The molecule has 360 valence electrons. The molecular formula is C57H96O6. The van der Waals surface area contributed by atoms with E-state index in [0.29, 0.717) is 19.3 Å². The van der Waals surface area contributed by atoms with Crippen LogP contribution in [0.2, 0.25) is 0 Å². The highest BCUT2D eigenvalue weighted by atomic mass is 16.6. The fourth-order valence-electron chi connectivity index (χ4n) is 7.11. The van der Waals surface area contributed by atoms with Gasteiger partial charge in [0, 0.05) is 19.3 Å². The number of allylic oxidation sites excluding steroid dienone is 14. The molecule has 6 heteroatoms. The molecule has 0 fully saturated rings. The normalized spacial score (nSPS) is 12.7. The quantitative estimate of drug-likeness (QED) is 0.0199. The Morgan fingerprint density at radius 2 is 0.698 bits per heavy atom. The number of unbranched alkanes of at least 4 members (excludes halogenated alkanes) is 24. The maximum absolute atomic E-state index is 12.8. The fourth-order valence-corrected chi connectivity index (χ4v) is 7.11. The summed E-state index contributed by atoms with van der Waals surface area (Å²) >= 11 is 0. The molecule has 0 saturated heterocycles. The van der Waals surface area contributed by atoms with E-state index in [9.17, 15) is 14.4 Å². The Kier molecular flexibility index (Phi) is 48.5. The highest BCUT2D eigenvalue weighted by molar-refractivity contribution is 5.71. The number of ether oxygens (including phenoxy) is 3. The van der Waals surface area contributed by atoms with Gasteiger partial charge in [0.2, 0.25) is 0 Å². The van der Waals surface area contributed by atoms with E-state index in [1.807, 2.05) is 18.2 Å². The first-order chi connectivity index (χ1) is 31.0. The van der Waals surface area contributed by atoms with Crippen LogP contribution in [-0.4, -0.2) is 37.2 Å². The molecule has 0 radical (unpaired) electrons. The van der Waals surface area contributed by atoms with Crippen LogP contribution in [0.5, 0.6) is 0 Å². The Labute approximate surface area is 388 Å². The molecule has 0 aliphatic carbocycles. The van der Waals surface area contributed by atoms with Gasteiger partial charge in [-0.05, 0) is 70.6 Å². The molecule has 0 saturated carbocycles. The molecule has 0 aromatic carbocycles. The molecule has 0 aromatic heterocycles. The van der Waals surface area contributed by atoms with Gasteiger partial charge in [-0.15, -0.1) is 0 Å². The lowest BCUT2D eigenvalue weighted by atomic mass is 10.0. The zero-order valence-corrected chi connectivity index (χ0v) is 41.1. The number of carbonyl (C=O) groups is 3. The molecule has 0 rings (SSSR count). The summed E-state index contributed by atoms with van der Waals surface area (Å²) in [6.45, 7) is 6.36. The van der Waals surface area contributed by atoms with E-state index in [0.717, 1.165) is 109 Å². The van der Waals surface area contributed by atoms with Gasteiger partial charge in [0.1, 0.15) is 13.2 Å². The Hall–Kier alpha value is -3.41. The van der Waals surface area contributed by atoms with E-state index in [1.54, 1.807) is 0 Å². The van der Waals surface area contributed by atoms with Crippen molar-refractivity contribution in [3.63, 3.8) is 0 Å². The van der Waals surface area contributed by atoms with E-state index < -0.39 is 6.10 Å². The third kappa shape index (κ3) is 49.5. The van der Waals surface area contributed by atoms with Gasteiger partial charge in [0.15, 0.2) is 6.10 Å². The molecule has 0 N–H and O–H groups in total. The van der Waals surface area contributed by atoms with Crippen molar-refractivity contribution >= 4 is 17.9 Å². The smallest absolute Gasteiger partial charge is 0.306 e. The van der Waals surface area contributed by atoms with Crippen LogP contribution < -0.4 is 0 Å². The van der Waals surface area contributed by atoms with E-state index >= 15 is 0 Å². The van der Waals surface area contributed by atoms with Gasteiger partial charge in [-0.25, -0.2) is 0 Å². The Morgan fingerprint density at radius 3 is 1.16 bits per heavy atom. The summed E-state index contributed by atoms with van der Waals surface area (Å²) in [7, 11) is 0. The van der Waals surface area contributed by atoms with Crippen molar-refractivity contribution in [3.05, 3.63) is 85.1 Å². The lowest BCUT2D eigenvalue weighted by molar-refractivity contribution is -0.167. The van der Waals surface area contributed by atoms with E-state index in [2.05, 4.69) is 87.6 Å². The molecule has 6 nitrogen and oxygen atoms in total. The van der Waals surface area contributed by atoms with Gasteiger partial charge < -0.3 is 14.2 Å². The molecule has 0 aromatic rings. The van der Waals surface area contributed by atoms with Gasteiger partial charge in [0.25, 0.3) is 0 Å². The van der Waals surface area contributed by atoms with E-state index in [1.165, 1.54) is 89.9 Å². The predicted octanol–water partition coefficient (Wildman–Crippen LogP) is 17.2. The van der Waals surface area contributed by atoms with Gasteiger partial charge >= 0.3 is 17.9 Å². The summed E-state index contributed by atoms with van der Waals surface area (Å²) < 4.78 is 16.8. The van der Waals surface area contributed by atoms with Crippen LogP contribution in [0.25, 0.3) is 0 Å². The van der Waals surface area contributed by atoms with Crippen LogP contribution in [0.3, 0.4) is 0 Å². The molecule has 1 atom stereocenters. The first-order valence-corrected chi connectivity index (χ1v) is 26.1. The van der Waals surface area contributed by atoms with Gasteiger partial charge in [-0.2, -0.15) is 0 Å². The Bertz CT molecular complexity index is 1240. The molecule has 1 unspecified atom stereocenters. The van der Waals surface area contributed by atoms with Crippen molar-refractivity contribution < 1.29 is 28.6 Å². The van der Waals surface area contributed by atoms with Crippen molar-refractivity contribution in [2.24, 2.45) is 0 Å². The number of carbonyl (C=O) groups excluding carboxylic acids is 3. The summed E-state index contributed by atoms with van der Waals surface area (Å²) in [5.41, 5.74) is 0. The average Bonchev–Trinajstić information content (AvgIpc) is 3.28. The molecular weight excluding hydrogens is 781 g/mol. The van der Waals surface area contributed by atoms with E-state index in [4.69, 9.17) is 14.2 Å². The second-order valence-corrected chi connectivity index (χ2v) is 17.1. The standard InChI is InChI=1S/C57H96O6/c1-4-7-10-13-16-19-22-25-28-30-32-35-38-41-44-47-50-56(59)62-53-54(52-61-55(58)49-46-43-40-37-34-31-27-24-21-18-15-12-9-6-3)63-57(60)51-48-45-42-39-36-33-29-26-23-20-17-14-11-8-5-2/h7-8,10-11,14,16-17,19-20,23,25-26,28-29,54H,4-6,9,12-13,15,18,21-22,24,27,30-53H2,1-3H3/b10-7-,11-8-,17-14-,19-16-,23-20-,28-25-,29-26-. The Morgan fingerprint density at radius 1 is 0.349 bits per heavy atom. The molecule has 0 spiro atoms. The minimum atomic E-state index is -0.793.